The smallest absolute Gasteiger partial charge is 0.164 e. The Morgan fingerprint density at radius 1 is 0.355 bits per heavy atom. The molecule has 0 N–H and O–H groups in total. The number of hydrogen-bond acceptors (Lipinski definition) is 7. The highest BCUT2D eigenvalue weighted by Crippen LogP contribution is 2.40. The number of pyridine rings is 1. The van der Waals surface area contributed by atoms with Crippen molar-refractivity contribution in [2.75, 3.05) is 0 Å². The number of benzene rings is 7. The zero-order chi connectivity index (χ0) is 41.0. The van der Waals surface area contributed by atoms with Crippen molar-refractivity contribution in [2.45, 2.75) is 0 Å². The Kier molecular flexibility index (Phi) is 8.53. The Labute approximate surface area is 360 Å². The number of aromatic nitrogens is 7. The van der Waals surface area contributed by atoms with Crippen molar-refractivity contribution < 1.29 is 0 Å². The van der Waals surface area contributed by atoms with Gasteiger partial charge in [-0.25, -0.2) is 29.9 Å². The van der Waals surface area contributed by atoms with Crippen molar-refractivity contribution in [1.82, 2.24) is 34.5 Å². The lowest BCUT2D eigenvalue weighted by Gasteiger charge is -2.11. The van der Waals surface area contributed by atoms with Gasteiger partial charge in [0.2, 0.25) is 0 Å². The molecule has 5 aromatic heterocycles. The molecule has 62 heavy (non-hydrogen) atoms. The molecule has 0 aliphatic rings. The highest BCUT2D eigenvalue weighted by molar-refractivity contribution is 7.25. The van der Waals surface area contributed by atoms with Gasteiger partial charge in [-0.3, -0.25) is 0 Å². The van der Waals surface area contributed by atoms with E-state index in [9.17, 15) is 0 Å². The lowest BCUT2D eigenvalue weighted by Crippen LogP contribution is -2.01. The number of rotatable bonds is 7. The second-order valence-electron chi connectivity index (χ2n) is 15.2. The molecule has 0 saturated carbocycles. The maximum absolute atomic E-state index is 5.24. The summed E-state index contributed by atoms with van der Waals surface area (Å²) in [6.07, 6.45) is 1.94. The molecule has 290 valence electrons. The van der Waals surface area contributed by atoms with Gasteiger partial charge in [-0.05, 0) is 48.0 Å². The standard InChI is InChI=1S/C54H33N7S/c1-4-14-34(15-5-1)40-32-44-48-49(62-54(44)55-33-40)47(35-16-6-2-7-17-35)56-50(57-48)37-24-26-38(27-25-37)52-58-51(36-18-8-3-9-19-36)59-53(60-52)39-28-30-41(31-29-39)61-45-22-12-10-20-42(45)43-21-11-13-23-46(43)61/h1-33H. The fourth-order valence-electron chi connectivity index (χ4n) is 8.32. The van der Waals surface area contributed by atoms with Crippen molar-refractivity contribution >= 4 is 53.6 Å². The van der Waals surface area contributed by atoms with E-state index >= 15 is 0 Å². The monoisotopic (exact) mass is 811 g/mol. The van der Waals surface area contributed by atoms with Gasteiger partial charge in [0.15, 0.2) is 23.3 Å². The van der Waals surface area contributed by atoms with Crippen LogP contribution in [0.4, 0.5) is 0 Å². The lowest BCUT2D eigenvalue weighted by atomic mass is 10.1. The average molecular weight is 812 g/mol. The Morgan fingerprint density at radius 3 is 1.37 bits per heavy atom. The van der Waals surface area contributed by atoms with Gasteiger partial charge in [0, 0.05) is 61.4 Å². The van der Waals surface area contributed by atoms with Crippen LogP contribution < -0.4 is 0 Å². The zero-order valence-electron chi connectivity index (χ0n) is 33.1. The van der Waals surface area contributed by atoms with E-state index in [-0.39, 0.29) is 0 Å². The van der Waals surface area contributed by atoms with Gasteiger partial charge in [-0.1, -0.05) is 152 Å². The molecular weight excluding hydrogens is 779 g/mol. The third-order valence-electron chi connectivity index (χ3n) is 11.4. The predicted octanol–water partition coefficient (Wildman–Crippen LogP) is 13.5. The molecule has 7 aromatic carbocycles. The van der Waals surface area contributed by atoms with E-state index in [0.717, 1.165) is 81.8 Å². The molecule has 0 aliphatic heterocycles. The van der Waals surface area contributed by atoms with E-state index in [1.54, 1.807) is 11.3 Å². The van der Waals surface area contributed by atoms with Gasteiger partial charge in [0.25, 0.3) is 0 Å². The Balaban J connectivity index is 0.948. The molecule has 0 radical (unpaired) electrons. The molecule has 0 bridgehead atoms. The SMILES string of the molecule is c1ccc(-c2cnc3sc4c(-c5ccccc5)nc(-c5ccc(-c6nc(-c7ccccc7)nc(-c7ccc(-n8c9ccccc9c9ccccc98)cc7)n6)cc5)nc4c3c2)cc1. The van der Waals surface area contributed by atoms with Crippen LogP contribution in [0.1, 0.15) is 0 Å². The van der Waals surface area contributed by atoms with Gasteiger partial charge < -0.3 is 4.57 Å². The van der Waals surface area contributed by atoms with Crippen LogP contribution in [0.5, 0.6) is 0 Å². The first-order chi connectivity index (χ1) is 30.7. The molecule has 8 heteroatoms. The van der Waals surface area contributed by atoms with Crippen LogP contribution in [0.15, 0.2) is 200 Å². The van der Waals surface area contributed by atoms with E-state index < -0.39 is 0 Å². The highest BCUT2D eigenvalue weighted by Gasteiger charge is 2.19. The molecule has 0 fully saturated rings. The summed E-state index contributed by atoms with van der Waals surface area (Å²) < 4.78 is 3.33. The number of para-hydroxylation sites is 2. The van der Waals surface area contributed by atoms with Crippen LogP contribution in [-0.2, 0) is 0 Å². The maximum atomic E-state index is 5.24. The number of hydrogen-bond donors (Lipinski definition) is 0. The first-order valence-electron chi connectivity index (χ1n) is 20.4. The van der Waals surface area contributed by atoms with E-state index in [1.165, 1.54) is 10.8 Å². The number of thiophene rings is 1. The Hall–Kier alpha value is -8.20. The molecule has 5 heterocycles. The van der Waals surface area contributed by atoms with Gasteiger partial charge in [-0.15, -0.1) is 11.3 Å². The highest BCUT2D eigenvalue weighted by atomic mass is 32.1. The third-order valence-corrected chi connectivity index (χ3v) is 12.5. The predicted molar refractivity (Wildman–Crippen MR) is 253 cm³/mol. The Bertz CT molecular complexity index is 3550. The molecule has 0 saturated heterocycles. The molecule has 12 rings (SSSR count). The summed E-state index contributed by atoms with van der Waals surface area (Å²) in [6, 6.07) is 66.7. The summed E-state index contributed by atoms with van der Waals surface area (Å²) >= 11 is 1.63. The fourth-order valence-corrected chi connectivity index (χ4v) is 9.39. The molecule has 12 aromatic rings. The largest absolute Gasteiger partial charge is 0.309 e. The summed E-state index contributed by atoms with van der Waals surface area (Å²) in [5.41, 5.74) is 11.9. The van der Waals surface area contributed by atoms with Crippen LogP contribution in [-0.4, -0.2) is 34.5 Å². The molecule has 0 amide bonds. The van der Waals surface area contributed by atoms with E-state index in [2.05, 4.69) is 120 Å². The average Bonchev–Trinajstić information content (AvgIpc) is 3.90. The summed E-state index contributed by atoms with van der Waals surface area (Å²) in [5, 5.41) is 3.47. The van der Waals surface area contributed by atoms with E-state index in [4.69, 9.17) is 29.9 Å². The minimum atomic E-state index is 0.580. The van der Waals surface area contributed by atoms with Crippen molar-refractivity contribution in [1.29, 1.82) is 0 Å². The normalized spacial score (nSPS) is 11.5. The molecule has 0 unspecified atom stereocenters. The van der Waals surface area contributed by atoms with Gasteiger partial charge >= 0.3 is 0 Å². The topological polar surface area (TPSA) is 82.3 Å². The quantitative estimate of drug-likeness (QED) is 0.159. The van der Waals surface area contributed by atoms with E-state index in [0.29, 0.717) is 23.3 Å². The zero-order valence-corrected chi connectivity index (χ0v) is 33.9. The summed E-state index contributed by atoms with van der Waals surface area (Å²) in [6.45, 7) is 0. The second kappa shape index (κ2) is 14.8. The lowest BCUT2D eigenvalue weighted by molar-refractivity contribution is 1.07. The molecule has 0 spiro atoms. The summed E-state index contributed by atoms with van der Waals surface area (Å²) in [5.74, 6) is 2.42. The Morgan fingerprint density at radius 2 is 0.806 bits per heavy atom. The third kappa shape index (κ3) is 6.20. The van der Waals surface area contributed by atoms with Crippen LogP contribution >= 0.6 is 11.3 Å². The van der Waals surface area contributed by atoms with Gasteiger partial charge in [-0.2, -0.15) is 0 Å². The van der Waals surface area contributed by atoms with Crippen LogP contribution in [0.2, 0.25) is 0 Å². The summed E-state index contributed by atoms with van der Waals surface area (Å²) in [7, 11) is 0. The van der Waals surface area contributed by atoms with E-state index in [1.807, 2.05) is 85.1 Å². The van der Waals surface area contributed by atoms with Crippen LogP contribution in [0, 0.1) is 0 Å². The van der Waals surface area contributed by atoms with Gasteiger partial charge in [0.05, 0.1) is 26.9 Å². The summed E-state index contributed by atoms with van der Waals surface area (Å²) in [4.78, 5) is 31.4. The van der Waals surface area contributed by atoms with Crippen molar-refractivity contribution in [3.63, 3.8) is 0 Å². The van der Waals surface area contributed by atoms with Crippen LogP contribution in [0.3, 0.4) is 0 Å². The molecule has 0 atom stereocenters. The second-order valence-corrected chi connectivity index (χ2v) is 16.1. The van der Waals surface area contributed by atoms with Crippen molar-refractivity contribution in [3.8, 4) is 73.6 Å². The first-order valence-corrected chi connectivity index (χ1v) is 21.3. The molecule has 7 nitrogen and oxygen atoms in total. The number of fused-ring (bicyclic) bond motifs is 6. The van der Waals surface area contributed by atoms with Crippen molar-refractivity contribution in [2.24, 2.45) is 0 Å². The minimum absolute atomic E-state index is 0.580. The van der Waals surface area contributed by atoms with Gasteiger partial charge in [0.1, 0.15) is 4.83 Å². The minimum Gasteiger partial charge on any atom is -0.309 e. The van der Waals surface area contributed by atoms with Crippen LogP contribution in [0.25, 0.3) is 116 Å². The van der Waals surface area contributed by atoms with Crippen molar-refractivity contribution in [3.05, 3.63) is 200 Å². The molecule has 0 aliphatic carbocycles. The number of nitrogens with zero attached hydrogens (tertiary/aromatic N) is 7. The molecular formula is C54H33N7S. The maximum Gasteiger partial charge on any atom is 0.164 e. The fraction of sp³-hybridized carbons (Fsp3) is 0. The first kappa shape index (κ1) is 35.7.